The van der Waals surface area contributed by atoms with Crippen LogP contribution in [0.25, 0.3) is 0 Å². The van der Waals surface area contributed by atoms with Crippen LogP contribution >= 0.6 is 0 Å². The Morgan fingerprint density at radius 1 is 1.00 bits per heavy atom. The Bertz CT molecular complexity index is 643. The number of nitrogens with zero attached hydrogens (tertiary/aromatic N) is 2. The molecule has 2 aliphatic heterocycles. The van der Waals surface area contributed by atoms with Crippen LogP contribution in [-0.4, -0.2) is 78.4 Å². The van der Waals surface area contributed by atoms with Gasteiger partial charge in [-0.05, 0) is 66.2 Å². The second kappa shape index (κ2) is 9.96. The fraction of sp³-hybridized carbons (Fsp3) is 0.870. The molecule has 1 aliphatic carbocycles. The average molecular weight is 439 g/mol. The van der Waals surface area contributed by atoms with E-state index in [1.807, 2.05) is 32.6 Å². The van der Waals surface area contributed by atoms with Crippen LogP contribution in [-0.2, 0) is 28.6 Å². The molecule has 31 heavy (non-hydrogen) atoms. The molecule has 3 fully saturated rings. The van der Waals surface area contributed by atoms with Crippen LogP contribution in [0.1, 0.15) is 66.2 Å². The van der Waals surface area contributed by atoms with Crippen molar-refractivity contribution in [3.8, 4) is 0 Å². The maximum atomic E-state index is 13.6. The van der Waals surface area contributed by atoms with Gasteiger partial charge in [-0.15, -0.1) is 0 Å². The summed E-state index contributed by atoms with van der Waals surface area (Å²) in [5.41, 5.74) is -0.651. The van der Waals surface area contributed by atoms with Gasteiger partial charge >= 0.3 is 11.9 Å². The van der Waals surface area contributed by atoms with Gasteiger partial charge in [0.1, 0.15) is 11.9 Å². The molecule has 176 valence electrons. The molecule has 0 radical (unpaired) electrons. The predicted octanol–water partition coefficient (Wildman–Crippen LogP) is 2.35. The lowest BCUT2D eigenvalue weighted by Gasteiger charge is -2.53. The summed E-state index contributed by atoms with van der Waals surface area (Å²) >= 11 is 0. The Kier molecular flexibility index (Phi) is 7.76. The highest BCUT2D eigenvalue weighted by Gasteiger charge is 2.58. The molecule has 1 atom stereocenters. The van der Waals surface area contributed by atoms with Crippen molar-refractivity contribution in [1.82, 2.24) is 9.80 Å². The maximum Gasteiger partial charge on any atom is 0.371 e. The number of hydrogen-bond acceptors (Lipinski definition) is 8. The summed E-state index contributed by atoms with van der Waals surface area (Å²) in [7, 11) is 0. The minimum absolute atomic E-state index is 0.0902. The molecular weight excluding hydrogens is 400 g/mol. The molecule has 0 aromatic carbocycles. The molecule has 2 heterocycles. The van der Waals surface area contributed by atoms with E-state index in [-0.39, 0.29) is 23.9 Å². The maximum absolute atomic E-state index is 13.6. The minimum Gasteiger partial charge on any atom is -0.466 e. The van der Waals surface area contributed by atoms with Gasteiger partial charge in [-0.25, -0.2) is 4.79 Å². The summed E-state index contributed by atoms with van der Waals surface area (Å²) in [4.78, 5) is 41.1. The number of rotatable bonds is 8. The smallest absolute Gasteiger partial charge is 0.371 e. The van der Waals surface area contributed by atoms with E-state index in [1.54, 1.807) is 0 Å². The molecule has 0 amide bonds. The number of hydrogen-bond donors (Lipinski definition) is 0. The first-order valence-corrected chi connectivity index (χ1v) is 11.7. The zero-order valence-electron chi connectivity index (χ0n) is 19.4. The van der Waals surface area contributed by atoms with Crippen LogP contribution in [0.5, 0.6) is 0 Å². The van der Waals surface area contributed by atoms with Crippen molar-refractivity contribution in [3.05, 3.63) is 0 Å². The molecule has 0 aromatic heterocycles. The van der Waals surface area contributed by atoms with Crippen molar-refractivity contribution in [2.45, 2.75) is 83.8 Å². The molecule has 1 saturated carbocycles. The van der Waals surface area contributed by atoms with E-state index >= 15 is 0 Å². The van der Waals surface area contributed by atoms with Crippen LogP contribution in [0.2, 0.25) is 0 Å². The van der Waals surface area contributed by atoms with Crippen LogP contribution < -0.4 is 0 Å². The highest BCUT2D eigenvalue weighted by Crippen LogP contribution is 2.39. The normalized spacial score (nSPS) is 27.9. The monoisotopic (exact) mass is 438 g/mol. The van der Waals surface area contributed by atoms with E-state index in [4.69, 9.17) is 14.2 Å². The van der Waals surface area contributed by atoms with Gasteiger partial charge in [0, 0.05) is 32.1 Å². The van der Waals surface area contributed by atoms with Crippen molar-refractivity contribution in [1.29, 1.82) is 0 Å². The van der Waals surface area contributed by atoms with Crippen LogP contribution in [0.3, 0.4) is 0 Å². The SMILES string of the molecule is CCOC(=O)[C@H]1CC[C@H](OC(C(=O)OC(C)(C)C)(N2CCCC2)N2CC(C=O)C2)CC1. The Hall–Kier alpha value is -1.51. The van der Waals surface area contributed by atoms with Gasteiger partial charge in [0.2, 0.25) is 0 Å². The summed E-state index contributed by atoms with van der Waals surface area (Å²) in [6.07, 6.45) is 5.53. The Labute approximate surface area is 185 Å². The predicted molar refractivity (Wildman–Crippen MR) is 114 cm³/mol. The van der Waals surface area contributed by atoms with Crippen molar-refractivity contribution in [3.63, 3.8) is 0 Å². The Balaban J connectivity index is 1.80. The highest BCUT2D eigenvalue weighted by atomic mass is 16.6. The van der Waals surface area contributed by atoms with Crippen molar-refractivity contribution >= 4 is 18.2 Å². The van der Waals surface area contributed by atoms with Gasteiger partial charge in [0.05, 0.1) is 18.6 Å². The van der Waals surface area contributed by atoms with E-state index < -0.39 is 17.4 Å². The molecule has 0 bridgehead atoms. The number of carbonyl (C=O) groups excluding carboxylic acids is 3. The molecule has 3 rings (SSSR count). The number of ether oxygens (including phenoxy) is 3. The van der Waals surface area contributed by atoms with Crippen molar-refractivity contribution in [2.75, 3.05) is 32.8 Å². The fourth-order valence-electron chi connectivity index (χ4n) is 4.78. The summed E-state index contributed by atoms with van der Waals surface area (Å²) in [5.74, 6) is -2.06. The lowest BCUT2D eigenvalue weighted by molar-refractivity contribution is -0.292. The van der Waals surface area contributed by atoms with Crippen LogP contribution in [0.15, 0.2) is 0 Å². The average Bonchev–Trinajstić information content (AvgIpc) is 3.20. The first-order chi connectivity index (χ1) is 14.7. The highest BCUT2D eigenvalue weighted by molar-refractivity contribution is 5.79. The molecule has 8 heteroatoms. The van der Waals surface area contributed by atoms with Crippen LogP contribution in [0, 0.1) is 11.8 Å². The minimum atomic E-state index is -1.31. The van der Waals surface area contributed by atoms with E-state index in [0.29, 0.717) is 45.4 Å². The van der Waals surface area contributed by atoms with Gasteiger partial charge in [0.15, 0.2) is 0 Å². The topological polar surface area (TPSA) is 85.4 Å². The van der Waals surface area contributed by atoms with Crippen LogP contribution in [0.4, 0.5) is 0 Å². The third-order valence-electron chi connectivity index (χ3n) is 6.36. The van der Waals surface area contributed by atoms with E-state index in [1.165, 1.54) is 0 Å². The Morgan fingerprint density at radius 3 is 2.13 bits per heavy atom. The summed E-state index contributed by atoms with van der Waals surface area (Å²) in [6, 6.07) is 0. The van der Waals surface area contributed by atoms with Crippen molar-refractivity contribution in [2.24, 2.45) is 11.8 Å². The number of likely N-dealkylation sites (tertiary alicyclic amines) is 2. The summed E-state index contributed by atoms with van der Waals surface area (Å²) in [5, 5.41) is 0. The van der Waals surface area contributed by atoms with Gasteiger partial charge in [0.25, 0.3) is 5.85 Å². The summed E-state index contributed by atoms with van der Waals surface area (Å²) in [6.45, 7) is 10.2. The van der Waals surface area contributed by atoms with E-state index in [0.717, 1.165) is 32.2 Å². The molecule has 0 spiro atoms. The molecule has 8 nitrogen and oxygen atoms in total. The molecule has 0 aromatic rings. The third kappa shape index (κ3) is 5.46. The molecule has 0 N–H and O–H groups in total. The lowest BCUT2D eigenvalue weighted by Crippen LogP contribution is -2.73. The Morgan fingerprint density at radius 2 is 1.61 bits per heavy atom. The van der Waals surface area contributed by atoms with E-state index in [9.17, 15) is 14.4 Å². The first-order valence-electron chi connectivity index (χ1n) is 11.7. The second-order valence-electron chi connectivity index (χ2n) is 9.95. The fourth-order valence-corrected chi connectivity index (χ4v) is 4.78. The molecular formula is C23H38N2O6. The zero-order valence-corrected chi connectivity index (χ0v) is 19.4. The summed E-state index contributed by atoms with van der Waals surface area (Å²) < 4.78 is 17.7. The lowest BCUT2D eigenvalue weighted by atomic mass is 9.87. The first kappa shape index (κ1) is 24.1. The van der Waals surface area contributed by atoms with Crippen molar-refractivity contribution < 1.29 is 28.6 Å². The third-order valence-corrected chi connectivity index (χ3v) is 6.36. The standard InChI is InChI=1S/C23H38N2O6/c1-5-29-20(27)18-8-10-19(11-9-18)30-23(24-12-6-7-13-24,21(28)31-22(2,3)4)25-14-17(15-25)16-26/h16-19H,5-15H2,1-4H3/t18-,19-,23?. The van der Waals surface area contributed by atoms with Gasteiger partial charge in [-0.3, -0.25) is 14.6 Å². The number of carbonyl (C=O) groups is 3. The number of aldehydes is 1. The van der Waals surface area contributed by atoms with Gasteiger partial charge < -0.3 is 19.0 Å². The number of esters is 2. The molecule has 2 saturated heterocycles. The van der Waals surface area contributed by atoms with Gasteiger partial charge in [-0.2, -0.15) is 0 Å². The van der Waals surface area contributed by atoms with E-state index in [2.05, 4.69) is 4.90 Å². The second-order valence-corrected chi connectivity index (χ2v) is 9.95. The van der Waals surface area contributed by atoms with Gasteiger partial charge in [-0.1, -0.05) is 0 Å². The molecule has 1 unspecified atom stereocenters. The quantitative estimate of drug-likeness (QED) is 0.422. The zero-order chi connectivity index (χ0) is 22.6. The molecule has 3 aliphatic rings. The largest absolute Gasteiger partial charge is 0.466 e.